The molecule has 0 aliphatic heterocycles. The summed E-state index contributed by atoms with van der Waals surface area (Å²) in [5, 5.41) is 13.5. The molecule has 108 valence electrons. The van der Waals surface area contributed by atoms with Crippen LogP contribution in [-0.2, 0) is 23.0 Å². The van der Waals surface area contributed by atoms with Gasteiger partial charge in [0.2, 0.25) is 5.91 Å². The first kappa shape index (κ1) is 14.4. The minimum Gasteiger partial charge on any atom is -0.508 e. The Morgan fingerprint density at radius 3 is 2.90 bits per heavy atom. The van der Waals surface area contributed by atoms with Gasteiger partial charge in [-0.05, 0) is 37.1 Å². The Balaban J connectivity index is 2.19. The molecule has 0 saturated heterocycles. The smallest absolute Gasteiger partial charge is 0.245 e. The number of fused-ring (bicyclic) bond motifs is 1. The van der Waals surface area contributed by atoms with Crippen LogP contribution in [0.15, 0.2) is 18.2 Å². The van der Waals surface area contributed by atoms with Crippen LogP contribution in [0, 0.1) is 6.92 Å². The molecule has 1 heterocycles. The second-order valence-corrected chi connectivity index (χ2v) is 4.86. The topological polar surface area (TPSA) is 63.5 Å². The Bertz CT molecular complexity index is 632. The third-order valence-corrected chi connectivity index (χ3v) is 3.58. The van der Waals surface area contributed by atoms with Crippen molar-refractivity contribution in [1.29, 1.82) is 0 Å². The highest BCUT2D eigenvalue weighted by atomic mass is 16.5. The Labute approximate surface area is 118 Å². The van der Waals surface area contributed by atoms with Crippen molar-refractivity contribution in [1.82, 2.24) is 9.88 Å². The summed E-state index contributed by atoms with van der Waals surface area (Å²) in [4.78, 5) is 11.4. The zero-order valence-electron chi connectivity index (χ0n) is 12.1. The SMILES string of the molecule is COCC(=O)NCCc1c(C)n(C)c2ccc(O)cc12. The van der Waals surface area contributed by atoms with E-state index >= 15 is 0 Å². The fourth-order valence-corrected chi connectivity index (χ4v) is 2.46. The number of aromatic hydroxyl groups is 1. The van der Waals surface area contributed by atoms with Gasteiger partial charge in [-0.15, -0.1) is 0 Å². The van der Waals surface area contributed by atoms with E-state index in [1.807, 2.05) is 20.0 Å². The van der Waals surface area contributed by atoms with Crippen LogP contribution in [0.4, 0.5) is 0 Å². The molecule has 1 amide bonds. The number of nitrogens with one attached hydrogen (secondary N) is 1. The van der Waals surface area contributed by atoms with E-state index in [2.05, 4.69) is 9.88 Å². The lowest BCUT2D eigenvalue weighted by Gasteiger charge is -2.05. The monoisotopic (exact) mass is 276 g/mol. The zero-order chi connectivity index (χ0) is 14.7. The fraction of sp³-hybridized carbons (Fsp3) is 0.400. The van der Waals surface area contributed by atoms with Crippen LogP contribution >= 0.6 is 0 Å². The summed E-state index contributed by atoms with van der Waals surface area (Å²) in [5.41, 5.74) is 3.38. The summed E-state index contributed by atoms with van der Waals surface area (Å²) in [6.45, 7) is 2.68. The number of benzene rings is 1. The number of methoxy groups -OCH3 is 1. The Kier molecular flexibility index (Phi) is 4.29. The molecule has 0 unspecified atom stereocenters. The van der Waals surface area contributed by atoms with Crippen LogP contribution in [0.25, 0.3) is 10.9 Å². The van der Waals surface area contributed by atoms with Gasteiger partial charge < -0.3 is 19.7 Å². The molecule has 0 aliphatic rings. The third-order valence-electron chi connectivity index (χ3n) is 3.58. The summed E-state index contributed by atoms with van der Waals surface area (Å²) in [6, 6.07) is 5.37. The number of phenols is 1. The number of aryl methyl sites for hydroxylation is 1. The van der Waals surface area contributed by atoms with Gasteiger partial charge in [-0.1, -0.05) is 0 Å². The molecule has 2 aromatic rings. The van der Waals surface area contributed by atoms with E-state index in [4.69, 9.17) is 4.74 Å². The summed E-state index contributed by atoms with van der Waals surface area (Å²) in [7, 11) is 3.50. The molecule has 0 saturated carbocycles. The van der Waals surface area contributed by atoms with Gasteiger partial charge in [0.25, 0.3) is 0 Å². The van der Waals surface area contributed by atoms with Gasteiger partial charge in [0, 0.05) is 37.3 Å². The van der Waals surface area contributed by atoms with E-state index in [1.165, 1.54) is 7.11 Å². The van der Waals surface area contributed by atoms with E-state index in [0.717, 1.165) is 28.6 Å². The maximum atomic E-state index is 11.4. The highest BCUT2D eigenvalue weighted by Gasteiger charge is 2.12. The molecule has 0 bridgehead atoms. The van der Waals surface area contributed by atoms with Crippen LogP contribution in [0.1, 0.15) is 11.3 Å². The number of amides is 1. The van der Waals surface area contributed by atoms with E-state index in [-0.39, 0.29) is 18.3 Å². The first-order valence-electron chi connectivity index (χ1n) is 6.57. The van der Waals surface area contributed by atoms with Crippen molar-refractivity contribution in [2.75, 3.05) is 20.3 Å². The number of carbonyl (C=O) groups excluding carboxylic acids is 1. The Morgan fingerprint density at radius 2 is 2.20 bits per heavy atom. The van der Waals surface area contributed by atoms with E-state index in [9.17, 15) is 9.90 Å². The standard InChI is InChI=1S/C15H20N2O3/c1-10-12(6-7-16-15(19)9-20-3)13-8-11(18)4-5-14(13)17(10)2/h4-5,8,18H,6-7,9H2,1-3H3,(H,16,19). The number of phenolic OH excluding ortho intramolecular Hbond substituents is 1. The van der Waals surface area contributed by atoms with Gasteiger partial charge in [-0.3, -0.25) is 4.79 Å². The lowest BCUT2D eigenvalue weighted by molar-refractivity contribution is -0.124. The molecule has 1 aromatic carbocycles. The van der Waals surface area contributed by atoms with Crippen molar-refractivity contribution in [3.63, 3.8) is 0 Å². The molecule has 5 heteroatoms. The quantitative estimate of drug-likeness (QED) is 0.870. The number of ether oxygens (including phenoxy) is 1. The number of hydrogen-bond donors (Lipinski definition) is 2. The van der Waals surface area contributed by atoms with Gasteiger partial charge in [-0.25, -0.2) is 0 Å². The fourth-order valence-electron chi connectivity index (χ4n) is 2.46. The van der Waals surface area contributed by atoms with Crippen LogP contribution in [-0.4, -0.2) is 35.8 Å². The maximum Gasteiger partial charge on any atom is 0.245 e. The molecule has 20 heavy (non-hydrogen) atoms. The van der Waals surface area contributed by atoms with Crippen molar-refractivity contribution in [2.45, 2.75) is 13.3 Å². The first-order chi connectivity index (χ1) is 9.54. The number of hydrogen-bond acceptors (Lipinski definition) is 3. The van der Waals surface area contributed by atoms with Gasteiger partial charge >= 0.3 is 0 Å². The predicted molar refractivity (Wildman–Crippen MR) is 77.9 cm³/mol. The average Bonchev–Trinajstić information content (AvgIpc) is 2.63. The number of rotatable bonds is 5. The van der Waals surface area contributed by atoms with Crippen molar-refractivity contribution in [2.24, 2.45) is 7.05 Å². The van der Waals surface area contributed by atoms with Crippen molar-refractivity contribution in [3.8, 4) is 5.75 Å². The summed E-state index contributed by atoms with van der Waals surface area (Å²) in [5.74, 6) is 0.140. The van der Waals surface area contributed by atoms with Crippen molar-refractivity contribution in [3.05, 3.63) is 29.5 Å². The van der Waals surface area contributed by atoms with E-state index in [1.54, 1.807) is 12.1 Å². The van der Waals surface area contributed by atoms with E-state index in [0.29, 0.717) is 6.54 Å². The molecular weight excluding hydrogens is 256 g/mol. The Morgan fingerprint density at radius 1 is 1.45 bits per heavy atom. The number of aromatic nitrogens is 1. The van der Waals surface area contributed by atoms with Crippen LogP contribution in [0.5, 0.6) is 5.75 Å². The van der Waals surface area contributed by atoms with E-state index < -0.39 is 0 Å². The molecule has 0 aliphatic carbocycles. The van der Waals surface area contributed by atoms with Crippen LogP contribution in [0.2, 0.25) is 0 Å². The van der Waals surface area contributed by atoms with Gasteiger partial charge in [-0.2, -0.15) is 0 Å². The average molecular weight is 276 g/mol. The number of nitrogens with zero attached hydrogens (tertiary/aromatic N) is 1. The maximum absolute atomic E-state index is 11.4. The molecule has 0 atom stereocenters. The highest BCUT2D eigenvalue weighted by molar-refractivity contribution is 5.87. The minimum absolute atomic E-state index is 0.0787. The first-order valence-corrected chi connectivity index (χ1v) is 6.57. The second kappa shape index (κ2) is 5.96. The predicted octanol–water partition coefficient (Wildman–Crippen LogP) is 1.50. The third kappa shape index (κ3) is 2.77. The van der Waals surface area contributed by atoms with Crippen LogP contribution in [0.3, 0.4) is 0 Å². The zero-order valence-corrected chi connectivity index (χ0v) is 12.1. The van der Waals surface area contributed by atoms with Crippen LogP contribution < -0.4 is 5.32 Å². The van der Waals surface area contributed by atoms with Gasteiger partial charge in [0.15, 0.2) is 0 Å². The molecule has 0 spiro atoms. The molecular formula is C15H20N2O3. The lowest BCUT2D eigenvalue weighted by Crippen LogP contribution is -2.29. The second-order valence-electron chi connectivity index (χ2n) is 4.86. The normalized spacial score (nSPS) is 10.9. The summed E-state index contributed by atoms with van der Waals surface area (Å²) < 4.78 is 6.87. The number of carbonyl (C=O) groups is 1. The van der Waals surface area contributed by atoms with Gasteiger partial charge in [0.1, 0.15) is 12.4 Å². The highest BCUT2D eigenvalue weighted by Crippen LogP contribution is 2.28. The van der Waals surface area contributed by atoms with Gasteiger partial charge in [0.05, 0.1) is 0 Å². The van der Waals surface area contributed by atoms with Crippen molar-refractivity contribution < 1.29 is 14.6 Å². The summed E-state index contributed by atoms with van der Waals surface area (Å²) in [6.07, 6.45) is 0.724. The molecule has 0 fully saturated rings. The molecule has 1 aromatic heterocycles. The molecule has 2 rings (SSSR count). The molecule has 5 nitrogen and oxygen atoms in total. The summed E-state index contributed by atoms with van der Waals surface area (Å²) >= 11 is 0. The largest absolute Gasteiger partial charge is 0.508 e. The molecule has 2 N–H and O–H groups in total. The Hall–Kier alpha value is -2.01. The van der Waals surface area contributed by atoms with Crippen molar-refractivity contribution >= 4 is 16.8 Å². The lowest BCUT2D eigenvalue weighted by atomic mass is 10.1. The minimum atomic E-state index is -0.117. The molecule has 0 radical (unpaired) electrons.